The molecule has 0 unspecified atom stereocenters. The molecule has 238 valence electrons. The van der Waals surface area contributed by atoms with Crippen molar-refractivity contribution in [2.75, 3.05) is 0 Å². The van der Waals surface area contributed by atoms with Gasteiger partial charge in [-0.25, -0.2) is 0 Å². The molecule has 6 nitrogen and oxygen atoms in total. The highest BCUT2D eigenvalue weighted by Gasteiger charge is 2.36. The van der Waals surface area contributed by atoms with E-state index in [2.05, 4.69) is 12.1 Å². The highest BCUT2D eigenvalue weighted by molar-refractivity contribution is 8.00. The zero-order valence-corrected chi connectivity index (χ0v) is 26.5. The summed E-state index contributed by atoms with van der Waals surface area (Å²) in [5.41, 5.74) is -2.19. The SMILES string of the molecule is O=S(=O)(O)c1ccc(OS(=O)(=O)c2c(C3CCCCC3)cc(C3CCCCC3)cc2C2CCCCC2)cc1SC(F)(F)F. The van der Waals surface area contributed by atoms with Crippen LogP contribution in [0.4, 0.5) is 13.2 Å². The Balaban J connectivity index is 1.64. The molecule has 0 spiro atoms. The van der Waals surface area contributed by atoms with Gasteiger partial charge in [0.05, 0.1) is 0 Å². The van der Waals surface area contributed by atoms with Gasteiger partial charge in [-0.2, -0.15) is 30.0 Å². The van der Waals surface area contributed by atoms with Crippen molar-refractivity contribution in [1.29, 1.82) is 0 Å². The second-order valence-electron chi connectivity index (χ2n) is 12.2. The van der Waals surface area contributed by atoms with Crippen LogP contribution in [0.15, 0.2) is 45.0 Å². The minimum absolute atomic E-state index is 0.0336. The summed E-state index contributed by atoms with van der Waals surface area (Å²) < 4.78 is 107. The standard InChI is InChI=1S/C31H39F3O6S3/c32-31(33,34)41-28-20-25(16-17-29(28)42(35,36)37)40-43(38,39)30-26(22-12-6-2-7-13-22)18-24(21-10-4-1-5-11-21)19-27(30)23-14-8-3-9-15-23/h16-23H,1-15H2,(H,35,36,37). The fraction of sp³-hybridized carbons (Fsp3) is 0.613. The largest absolute Gasteiger partial charge is 0.446 e. The van der Waals surface area contributed by atoms with E-state index in [-0.39, 0.29) is 16.7 Å². The third-order valence-corrected chi connectivity index (χ3v) is 12.4. The van der Waals surface area contributed by atoms with Gasteiger partial charge in [0, 0.05) is 4.90 Å². The van der Waals surface area contributed by atoms with Gasteiger partial charge < -0.3 is 4.18 Å². The Morgan fingerprint density at radius 3 is 1.60 bits per heavy atom. The molecule has 2 aromatic rings. The summed E-state index contributed by atoms with van der Waals surface area (Å²) in [6.45, 7) is 0. The molecule has 3 saturated carbocycles. The van der Waals surface area contributed by atoms with Gasteiger partial charge in [0.1, 0.15) is 15.5 Å². The first-order valence-electron chi connectivity index (χ1n) is 15.3. The first-order chi connectivity index (χ1) is 20.3. The summed E-state index contributed by atoms with van der Waals surface area (Å²) in [4.78, 5) is -1.70. The lowest BCUT2D eigenvalue weighted by atomic mass is 9.76. The number of hydrogen-bond donors (Lipinski definition) is 1. The lowest BCUT2D eigenvalue weighted by Gasteiger charge is -2.32. The molecular weight excluding hydrogens is 622 g/mol. The molecule has 0 aliphatic heterocycles. The zero-order valence-electron chi connectivity index (χ0n) is 24.1. The molecule has 1 N–H and O–H groups in total. The summed E-state index contributed by atoms with van der Waals surface area (Å²) in [6.07, 6.45) is 15.2. The van der Waals surface area contributed by atoms with Crippen LogP contribution in [0.2, 0.25) is 0 Å². The summed E-state index contributed by atoms with van der Waals surface area (Å²) in [6, 6.07) is 6.57. The number of benzene rings is 2. The van der Waals surface area contributed by atoms with Crippen LogP contribution in [0, 0.1) is 0 Å². The predicted octanol–water partition coefficient (Wildman–Crippen LogP) is 9.46. The molecule has 5 rings (SSSR count). The fourth-order valence-corrected chi connectivity index (χ4v) is 10.3. The van der Waals surface area contributed by atoms with Crippen molar-refractivity contribution >= 4 is 32.0 Å². The van der Waals surface area contributed by atoms with Gasteiger partial charge in [-0.05, 0) is 103 Å². The summed E-state index contributed by atoms with van der Waals surface area (Å²) in [7, 11) is -9.53. The van der Waals surface area contributed by atoms with E-state index in [0.29, 0.717) is 5.92 Å². The molecule has 0 aromatic heterocycles. The van der Waals surface area contributed by atoms with E-state index in [9.17, 15) is 34.6 Å². The van der Waals surface area contributed by atoms with Crippen molar-refractivity contribution in [1.82, 2.24) is 0 Å². The van der Waals surface area contributed by atoms with Gasteiger partial charge in [-0.1, -0.05) is 69.9 Å². The van der Waals surface area contributed by atoms with E-state index in [1.165, 1.54) is 12.0 Å². The first kappa shape index (κ1) is 32.6. The average Bonchev–Trinajstić information content (AvgIpc) is 2.96. The third-order valence-electron chi connectivity index (χ3n) is 9.21. The van der Waals surface area contributed by atoms with E-state index in [4.69, 9.17) is 4.18 Å². The van der Waals surface area contributed by atoms with Gasteiger partial charge in [-0.15, -0.1) is 0 Å². The summed E-state index contributed by atoms with van der Waals surface area (Å²) >= 11 is -0.754. The van der Waals surface area contributed by atoms with Gasteiger partial charge in [0.25, 0.3) is 10.1 Å². The Morgan fingerprint density at radius 2 is 1.16 bits per heavy atom. The number of rotatable bonds is 8. The van der Waals surface area contributed by atoms with Crippen LogP contribution in [0.25, 0.3) is 0 Å². The number of thioether (sulfide) groups is 1. The zero-order chi connectivity index (χ0) is 30.8. The maximum Gasteiger partial charge on any atom is 0.446 e. The molecule has 0 bridgehead atoms. The van der Waals surface area contributed by atoms with Gasteiger partial charge in [-0.3, -0.25) is 4.55 Å². The van der Waals surface area contributed by atoms with Crippen LogP contribution in [0.3, 0.4) is 0 Å². The third kappa shape index (κ3) is 8.10. The van der Waals surface area contributed by atoms with E-state index < -0.39 is 53.0 Å². The van der Waals surface area contributed by atoms with Gasteiger partial charge in [0.15, 0.2) is 0 Å². The van der Waals surface area contributed by atoms with E-state index in [1.54, 1.807) is 0 Å². The molecule has 0 saturated heterocycles. The van der Waals surface area contributed by atoms with Crippen molar-refractivity contribution in [2.24, 2.45) is 0 Å². The average molecular weight is 661 g/mol. The second-order valence-corrected chi connectivity index (χ2v) is 16.2. The minimum Gasteiger partial charge on any atom is -0.379 e. The quantitative estimate of drug-likeness (QED) is 0.171. The maximum absolute atomic E-state index is 14.3. The van der Waals surface area contributed by atoms with Crippen molar-refractivity contribution in [2.45, 2.75) is 134 Å². The Labute approximate surface area is 257 Å². The first-order valence-corrected chi connectivity index (χ1v) is 19.0. The van der Waals surface area contributed by atoms with Crippen LogP contribution in [-0.4, -0.2) is 26.9 Å². The van der Waals surface area contributed by atoms with E-state index in [0.717, 1.165) is 119 Å². The molecular formula is C31H39F3O6S3. The molecule has 0 amide bonds. The monoisotopic (exact) mass is 660 g/mol. The van der Waals surface area contributed by atoms with Crippen LogP contribution >= 0.6 is 11.8 Å². The molecule has 0 radical (unpaired) electrons. The molecule has 12 heteroatoms. The van der Waals surface area contributed by atoms with Crippen LogP contribution < -0.4 is 4.18 Å². The molecule has 2 aromatic carbocycles. The van der Waals surface area contributed by atoms with Crippen molar-refractivity contribution in [3.05, 3.63) is 47.0 Å². The van der Waals surface area contributed by atoms with E-state index >= 15 is 0 Å². The van der Waals surface area contributed by atoms with Crippen LogP contribution in [0.5, 0.6) is 5.75 Å². The summed E-state index contributed by atoms with van der Waals surface area (Å²) in [5.74, 6) is -0.0109. The summed E-state index contributed by atoms with van der Waals surface area (Å²) in [5, 5.41) is 0. The second kappa shape index (κ2) is 13.3. The topological polar surface area (TPSA) is 97.7 Å². The van der Waals surface area contributed by atoms with Crippen molar-refractivity contribution in [3.8, 4) is 5.75 Å². The Kier molecular flexibility index (Phi) is 10.1. The minimum atomic E-state index is -5.00. The Bertz CT molecular complexity index is 1460. The highest BCUT2D eigenvalue weighted by Crippen LogP contribution is 2.47. The maximum atomic E-state index is 14.3. The molecule has 3 fully saturated rings. The Morgan fingerprint density at radius 1 is 0.698 bits per heavy atom. The lowest BCUT2D eigenvalue weighted by molar-refractivity contribution is -0.0329. The van der Waals surface area contributed by atoms with Crippen molar-refractivity contribution < 1.29 is 38.7 Å². The smallest absolute Gasteiger partial charge is 0.379 e. The molecule has 3 aliphatic carbocycles. The number of alkyl halides is 3. The molecule has 0 atom stereocenters. The highest BCUT2D eigenvalue weighted by atomic mass is 32.2. The lowest BCUT2D eigenvalue weighted by Crippen LogP contribution is -2.21. The van der Waals surface area contributed by atoms with Gasteiger partial charge >= 0.3 is 15.6 Å². The number of hydrogen-bond acceptors (Lipinski definition) is 6. The molecule has 3 aliphatic rings. The Hall–Kier alpha value is -1.76. The normalized spacial score (nSPS) is 20.3. The van der Waals surface area contributed by atoms with Gasteiger partial charge in [0.2, 0.25) is 0 Å². The number of halogens is 3. The van der Waals surface area contributed by atoms with E-state index in [1.807, 2.05) is 0 Å². The van der Waals surface area contributed by atoms with Crippen molar-refractivity contribution in [3.63, 3.8) is 0 Å². The predicted molar refractivity (Wildman–Crippen MR) is 160 cm³/mol. The molecule has 0 heterocycles. The van der Waals surface area contributed by atoms with Crippen LogP contribution in [-0.2, 0) is 20.2 Å². The fourth-order valence-electron chi connectivity index (χ4n) is 7.22. The molecule has 43 heavy (non-hydrogen) atoms. The van der Waals surface area contributed by atoms with Crippen LogP contribution in [0.1, 0.15) is 131 Å².